The van der Waals surface area contributed by atoms with Crippen LogP contribution in [0.15, 0.2) is 94.1 Å². The van der Waals surface area contributed by atoms with Crippen molar-refractivity contribution >= 4 is 62.5 Å². The molecule has 7 heteroatoms. The van der Waals surface area contributed by atoms with Crippen molar-refractivity contribution in [1.82, 2.24) is 15.5 Å². The van der Waals surface area contributed by atoms with Crippen molar-refractivity contribution in [3.05, 3.63) is 121 Å². The van der Waals surface area contributed by atoms with E-state index < -0.39 is 0 Å². The van der Waals surface area contributed by atoms with E-state index in [2.05, 4.69) is 67.9 Å². The Bertz CT molecular complexity index is 1300. The number of nitrogens with zero attached hydrogens (tertiary/aromatic N) is 1. The van der Waals surface area contributed by atoms with Gasteiger partial charge in [-0.15, -0.1) is 0 Å². The summed E-state index contributed by atoms with van der Waals surface area (Å²) in [5.74, 6) is 0. The quantitative estimate of drug-likeness (QED) is 0.326. The van der Waals surface area contributed by atoms with Crippen molar-refractivity contribution in [2.45, 2.75) is 12.6 Å². The molecule has 172 valence electrons. The summed E-state index contributed by atoms with van der Waals surface area (Å²) in [5.41, 5.74) is 6.67. The van der Waals surface area contributed by atoms with E-state index in [0.29, 0.717) is 5.11 Å². The van der Waals surface area contributed by atoms with Crippen molar-refractivity contribution in [3.8, 4) is 0 Å². The number of benzene rings is 3. The topological polar surface area (TPSA) is 27.3 Å². The molecule has 0 saturated carbocycles. The van der Waals surface area contributed by atoms with Crippen molar-refractivity contribution in [2.24, 2.45) is 0 Å². The normalized spacial score (nSPS) is 19.6. The van der Waals surface area contributed by atoms with Gasteiger partial charge in [-0.1, -0.05) is 87.7 Å². The van der Waals surface area contributed by atoms with Gasteiger partial charge in [-0.25, -0.2) is 0 Å². The summed E-state index contributed by atoms with van der Waals surface area (Å²) in [6.07, 6.45) is 2.16. The molecular weight excluding hydrogens is 549 g/mol. The summed E-state index contributed by atoms with van der Waals surface area (Å²) in [6, 6.07) is 24.2. The maximum Gasteiger partial charge on any atom is 0.171 e. The van der Waals surface area contributed by atoms with Crippen LogP contribution in [0.4, 0.5) is 0 Å². The molecule has 2 aliphatic rings. The number of hydrogen-bond acceptors (Lipinski definition) is 2. The minimum Gasteiger partial charge on any atom is -0.352 e. The molecule has 0 aliphatic carbocycles. The molecule has 5 rings (SSSR count). The smallest absolute Gasteiger partial charge is 0.171 e. The van der Waals surface area contributed by atoms with E-state index in [1.165, 1.54) is 11.1 Å². The molecule has 3 aromatic rings. The highest BCUT2D eigenvalue weighted by atomic mass is 79.9. The lowest BCUT2D eigenvalue weighted by atomic mass is 9.88. The first-order valence-electron chi connectivity index (χ1n) is 10.9. The van der Waals surface area contributed by atoms with E-state index in [4.69, 9.17) is 35.4 Å². The molecule has 1 atom stereocenters. The first-order chi connectivity index (χ1) is 16.5. The van der Waals surface area contributed by atoms with E-state index in [0.717, 1.165) is 56.5 Å². The molecule has 0 bridgehead atoms. The highest BCUT2D eigenvalue weighted by Crippen LogP contribution is 2.37. The second kappa shape index (κ2) is 10.2. The lowest BCUT2D eigenvalue weighted by Crippen LogP contribution is -2.49. The van der Waals surface area contributed by atoms with Crippen molar-refractivity contribution in [1.29, 1.82) is 0 Å². The highest BCUT2D eigenvalue weighted by molar-refractivity contribution is 9.10. The van der Waals surface area contributed by atoms with Crippen molar-refractivity contribution in [2.75, 3.05) is 13.1 Å². The molecule has 0 radical (unpaired) electrons. The van der Waals surface area contributed by atoms with Crippen LogP contribution in [0.1, 0.15) is 22.7 Å². The van der Waals surface area contributed by atoms with Crippen LogP contribution < -0.4 is 10.6 Å². The predicted octanol–water partition coefficient (Wildman–Crippen LogP) is 7.13. The first kappa shape index (κ1) is 23.6. The van der Waals surface area contributed by atoms with Crippen LogP contribution in [0.25, 0.3) is 6.08 Å². The second-order valence-corrected chi connectivity index (χ2v) is 10.6. The Balaban J connectivity index is 1.59. The first-order valence-corrected chi connectivity index (χ1v) is 12.9. The van der Waals surface area contributed by atoms with Gasteiger partial charge in [0.25, 0.3) is 0 Å². The van der Waals surface area contributed by atoms with Gasteiger partial charge in [0, 0.05) is 39.8 Å². The molecule has 0 amide bonds. The lowest BCUT2D eigenvalue weighted by Gasteiger charge is -2.40. The summed E-state index contributed by atoms with van der Waals surface area (Å²) in [4.78, 5) is 2.44. The zero-order valence-electron chi connectivity index (χ0n) is 18.2. The largest absolute Gasteiger partial charge is 0.352 e. The molecular formula is C27H22BrCl2N3S. The summed E-state index contributed by atoms with van der Waals surface area (Å²) in [5, 5.41) is 8.92. The van der Waals surface area contributed by atoms with E-state index in [9.17, 15) is 0 Å². The van der Waals surface area contributed by atoms with Gasteiger partial charge in [-0.2, -0.15) is 0 Å². The Morgan fingerprint density at radius 1 is 0.941 bits per heavy atom. The molecule has 0 spiro atoms. The lowest BCUT2D eigenvalue weighted by molar-refractivity contribution is 0.293. The molecule has 3 aromatic carbocycles. The molecule has 2 heterocycles. The van der Waals surface area contributed by atoms with Crippen LogP contribution in [0.3, 0.4) is 0 Å². The zero-order valence-corrected chi connectivity index (χ0v) is 22.1. The number of hydrogen-bond donors (Lipinski definition) is 2. The van der Waals surface area contributed by atoms with E-state index in [1.807, 2.05) is 42.5 Å². The fourth-order valence-corrected chi connectivity index (χ4v) is 5.42. The van der Waals surface area contributed by atoms with Crippen molar-refractivity contribution in [3.63, 3.8) is 0 Å². The third kappa shape index (κ3) is 5.09. The third-order valence-electron chi connectivity index (χ3n) is 6.06. The maximum absolute atomic E-state index is 6.63. The fourth-order valence-electron chi connectivity index (χ4n) is 4.50. The highest BCUT2D eigenvalue weighted by Gasteiger charge is 2.34. The minimum atomic E-state index is -0.111. The minimum absolute atomic E-state index is 0.111. The maximum atomic E-state index is 6.63. The van der Waals surface area contributed by atoms with Gasteiger partial charge in [0.1, 0.15) is 0 Å². The van der Waals surface area contributed by atoms with Gasteiger partial charge in [0.15, 0.2) is 5.11 Å². The van der Waals surface area contributed by atoms with Gasteiger partial charge in [-0.3, -0.25) is 4.90 Å². The summed E-state index contributed by atoms with van der Waals surface area (Å²) >= 11 is 22.3. The fraction of sp³-hybridized carbons (Fsp3) is 0.148. The van der Waals surface area contributed by atoms with Gasteiger partial charge in [-0.05, 0) is 70.4 Å². The van der Waals surface area contributed by atoms with E-state index >= 15 is 0 Å². The van der Waals surface area contributed by atoms with Crippen LogP contribution in [0.5, 0.6) is 0 Å². The Morgan fingerprint density at radius 3 is 2.38 bits per heavy atom. The standard InChI is InChI=1S/C27H22BrCl2N3S/c28-20-11-9-17(10-12-20)14-33-15-19(13-18-5-1-3-7-23(18)29)25-22(16-33)26(32-27(34)31-25)21-6-2-4-8-24(21)30/h1-13,26H,14-16H2,(H2,31,32,34)/b19-13+. The van der Waals surface area contributed by atoms with Gasteiger partial charge >= 0.3 is 0 Å². The molecule has 34 heavy (non-hydrogen) atoms. The molecule has 2 N–H and O–H groups in total. The second-order valence-electron chi connectivity index (χ2n) is 8.42. The Kier molecular flexibility index (Phi) is 7.09. The van der Waals surface area contributed by atoms with Gasteiger partial charge in [0.2, 0.25) is 0 Å². The molecule has 0 fully saturated rings. The molecule has 3 nitrogen and oxygen atoms in total. The van der Waals surface area contributed by atoms with E-state index in [-0.39, 0.29) is 6.04 Å². The Morgan fingerprint density at radius 2 is 1.65 bits per heavy atom. The van der Waals surface area contributed by atoms with Crippen LogP contribution in [-0.2, 0) is 6.54 Å². The summed E-state index contributed by atoms with van der Waals surface area (Å²) in [6.45, 7) is 2.37. The van der Waals surface area contributed by atoms with Crippen LogP contribution in [0.2, 0.25) is 10.0 Å². The van der Waals surface area contributed by atoms with E-state index in [1.54, 1.807) is 0 Å². The number of thiocarbonyl (C=S) groups is 1. The van der Waals surface area contributed by atoms with Crippen LogP contribution in [-0.4, -0.2) is 23.1 Å². The molecule has 0 aromatic heterocycles. The van der Waals surface area contributed by atoms with Crippen LogP contribution in [0, 0.1) is 0 Å². The molecule has 0 saturated heterocycles. The summed E-state index contributed by atoms with van der Waals surface area (Å²) < 4.78 is 1.08. The SMILES string of the molecule is S=C1NC2=C(CN(Cc3ccc(Br)cc3)C/C2=C\c2ccccc2Cl)C(c2ccccc2Cl)N1. The number of nitrogens with one attached hydrogen (secondary N) is 2. The monoisotopic (exact) mass is 569 g/mol. The average Bonchev–Trinajstić information content (AvgIpc) is 2.82. The third-order valence-corrected chi connectivity index (χ3v) is 7.50. The van der Waals surface area contributed by atoms with Gasteiger partial charge < -0.3 is 10.6 Å². The van der Waals surface area contributed by atoms with Crippen molar-refractivity contribution < 1.29 is 0 Å². The number of rotatable bonds is 4. The Labute approximate surface area is 223 Å². The van der Waals surface area contributed by atoms with Crippen LogP contribution >= 0.6 is 51.3 Å². The zero-order chi connectivity index (χ0) is 23.7. The number of halogens is 3. The summed E-state index contributed by atoms with van der Waals surface area (Å²) in [7, 11) is 0. The van der Waals surface area contributed by atoms with Gasteiger partial charge in [0.05, 0.1) is 6.04 Å². The molecule has 1 unspecified atom stereocenters. The predicted molar refractivity (Wildman–Crippen MR) is 149 cm³/mol. The Hall–Kier alpha value is -2.15. The average molecular weight is 571 g/mol. The molecule has 2 aliphatic heterocycles.